The van der Waals surface area contributed by atoms with Gasteiger partial charge in [-0.1, -0.05) is 41.7 Å². The number of hydrogen-bond donors (Lipinski definition) is 1. The lowest BCUT2D eigenvalue weighted by atomic mass is 10.1. The monoisotopic (exact) mass is 322 g/mol. The number of nitrogens with zero attached hydrogens (tertiary/aromatic N) is 1. The Kier molecular flexibility index (Phi) is 5.65. The molecule has 2 rings (SSSR count). The van der Waals surface area contributed by atoms with Crippen LogP contribution in [0.5, 0.6) is 0 Å². The lowest BCUT2D eigenvalue weighted by molar-refractivity contribution is -0.115. The van der Waals surface area contributed by atoms with Crippen molar-refractivity contribution >= 4 is 39.9 Å². The molecule has 5 heteroatoms. The molecule has 1 saturated heterocycles. The van der Waals surface area contributed by atoms with Crippen LogP contribution in [-0.4, -0.2) is 33.5 Å². The molecule has 1 fully saturated rings. The smallest absolute Gasteiger partial charge is 0.237 e. The number of thioether (sulfide) groups is 1. The number of carbonyl (C=O) groups excluding carboxylic acids is 1. The van der Waals surface area contributed by atoms with Gasteiger partial charge in [0.1, 0.15) is 4.32 Å². The van der Waals surface area contributed by atoms with Crippen LogP contribution in [0.3, 0.4) is 0 Å². The third-order valence-electron chi connectivity index (χ3n) is 3.65. The van der Waals surface area contributed by atoms with Gasteiger partial charge >= 0.3 is 0 Å². The zero-order chi connectivity index (χ0) is 15.4. The van der Waals surface area contributed by atoms with E-state index in [0.717, 1.165) is 28.7 Å². The van der Waals surface area contributed by atoms with Crippen LogP contribution >= 0.6 is 24.0 Å². The Labute approximate surface area is 136 Å². The first-order valence-electron chi connectivity index (χ1n) is 7.31. The van der Waals surface area contributed by atoms with Gasteiger partial charge in [-0.3, -0.25) is 4.79 Å². The summed E-state index contributed by atoms with van der Waals surface area (Å²) in [7, 11) is 0. The number of hydrogen-bond acceptors (Lipinski definition) is 3. The molecule has 1 aliphatic rings. The van der Waals surface area contributed by atoms with Gasteiger partial charge in [0.15, 0.2) is 0 Å². The highest BCUT2D eigenvalue weighted by Crippen LogP contribution is 2.22. The van der Waals surface area contributed by atoms with E-state index in [1.165, 1.54) is 30.2 Å². The molecule has 0 saturated carbocycles. The SMILES string of the molecule is Cc1ccc(NC(=O)[C@H](C)SC(=S)N2CCCC2)c(C)c1. The van der Waals surface area contributed by atoms with E-state index in [4.69, 9.17) is 12.2 Å². The van der Waals surface area contributed by atoms with Crippen LogP contribution in [0.4, 0.5) is 5.69 Å². The van der Waals surface area contributed by atoms with E-state index in [1.54, 1.807) is 0 Å². The molecule has 1 heterocycles. The van der Waals surface area contributed by atoms with E-state index in [2.05, 4.69) is 16.3 Å². The molecule has 1 N–H and O–H groups in total. The molecular formula is C16H22N2OS2. The highest BCUT2D eigenvalue weighted by molar-refractivity contribution is 8.23. The van der Waals surface area contributed by atoms with Crippen molar-refractivity contribution in [2.24, 2.45) is 0 Å². The van der Waals surface area contributed by atoms with Gasteiger partial charge in [0.2, 0.25) is 5.91 Å². The van der Waals surface area contributed by atoms with Gasteiger partial charge in [-0.15, -0.1) is 0 Å². The number of aryl methyl sites for hydroxylation is 2. The number of benzene rings is 1. The molecule has 0 radical (unpaired) electrons. The Bertz CT molecular complexity index is 539. The molecule has 1 aromatic carbocycles. The van der Waals surface area contributed by atoms with E-state index < -0.39 is 0 Å². The zero-order valence-electron chi connectivity index (χ0n) is 12.8. The van der Waals surface area contributed by atoms with Crippen LogP contribution in [-0.2, 0) is 4.79 Å². The minimum atomic E-state index is -0.182. The quantitative estimate of drug-likeness (QED) is 0.859. The van der Waals surface area contributed by atoms with Crippen molar-refractivity contribution in [3.63, 3.8) is 0 Å². The first-order chi connectivity index (χ1) is 9.97. The molecule has 0 aliphatic carbocycles. The molecule has 114 valence electrons. The maximum atomic E-state index is 12.3. The van der Waals surface area contributed by atoms with Crippen molar-refractivity contribution in [2.45, 2.75) is 38.9 Å². The molecular weight excluding hydrogens is 300 g/mol. The van der Waals surface area contributed by atoms with Gasteiger partial charge in [0.25, 0.3) is 0 Å². The summed E-state index contributed by atoms with van der Waals surface area (Å²) in [6.45, 7) is 8.02. The number of likely N-dealkylation sites (tertiary alicyclic amines) is 1. The second kappa shape index (κ2) is 7.27. The summed E-state index contributed by atoms with van der Waals surface area (Å²) in [6, 6.07) is 6.04. The maximum absolute atomic E-state index is 12.3. The molecule has 1 aliphatic heterocycles. The summed E-state index contributed by atoms with van der Waals surface area (Å²) in [5.41, 5.74) is 3.16. The Morgan fingerprint density at radius 3 is 2.62 bits per heavy atom. The molecule has 0 unspecified atom stereocenters. The Morgan fingerprint density at radius 1 is 1.33 bits per heavy atom. The summed E-state index contributed by atoms with van der Waals surface area (Å²) < 4.78 is 0.843. The second-order valence-corrected chi connectivity index (χ2v) is 7.50. The molecule has 21 heavy (non-hydrogen) atoms. The van der Waals surface area contributed by atoms with E-state index in [1.807, 2.05) is 32.9 Å². The van der Waals surface area contributed by atoms with Crippen molar-refractivity contribution < 1.29 is 4.79 Å². The number of rotatable bonds is 3. The van der Waals surface area contributed by atoms with Crippen LogP contribution in [0.25, 0.3) is 0 Å². The molecule has 1 aromatic rings. The molecule has 0 bridgehead atoms. The number of anilines is 1. The summed E-state index contributed by atoms with van der Waals surface area (Å²) >= 11 is 6.90. The normalized spacial score (nSPS) is 15.9. The molecule has 3 nitrogen and oxygen atoms in total. The van der Waals surface area contributed by atoms with E-state index in [9.17, 15) is 4.79 Å². The van der Waals surface area contributed by atoms with Crippen molar-refractivity contribution in [3.8, 4) is 0 Å². The molecule has 1 amide bonds. The minimum absolute atomic E-state index is 0.00787. The Hall–Kier alpha value is -1.07. The van der Waals surface area contributed by atoms with Crippen LogP contribution in [0.2, 0.25) is 0 Å². The third kappa shape index (κ3) is 4.45. The number of amides is 1. The highest BCUT2D eigenvalue weighted by Gasteiger charge is 2.21. The van der Waals surface area contributed by atoms with Crippen LogP contribution in [0, 0.1) is 13.8 Å². The van der Waals surface area contributed by atoms with E-state index in [0.29, 0.717) is 0 Å². The lowest BCUT2D eigenvalue weighted by Crippen LogP contribution is -2.29. The zero-order valence-corrected chi connectivity index (χ0v) is 14.4. The summed E-state index contributed by atoms with van der Waals surface area (Å²) in [6.07, 6.45) is 2.40. The minimum Gasteiger partial charge on any atom is -0.358 e. The highest BCUT2D eigenvalue weighted by atomic mass is 32.2. The van der Waals surface area contributed by atoms with Crippen molar-refractivity contribution in [1.29, 1.82) is 0 Å². The first kappa shape index (κ1) is 16.3. The second-order valence-electron chi connectivity index (χ2n) is 5.53. The first-order valence-corrected chi connectivity index (χ1v) is 8.60. The van der Waals surface area contributed by atoms with Gasteiger partial charge in [0.05, 0.1) is 5.25 Å². The predicted molar refractivity (Wildman–Crippen MR) is 95.0 cm³/mol. The standard InChI is InChI=1S/C16H22N2OS2/c1-11-6-7-14(12(2)10-11)17-15(19)13(3)21-16(20)18-8-4-5-9-18/h6-7,10,13H,4-5,8-9H2,1-3H3,(H,17,19)/t13-/m0/s1. The van der Waals surface area contributed by atoms with Crippen molar-refractivity contribution in [2.75, 3.05) is 18.4 Å². The van der Waals surface area contributed by atoms with Gasteiger partial charge in [-0.2, -0.15) is 0 Å². The summed E-state index contributed by atoms with van der Waals surface area (Å²) in [4.78, 5) is 14.5. The fourth-order valence-electron chi connectivity index (χ4n) is 2.37. The van der Waals surface area contributed by atoms with Crippen LogP contribution in [0.1, 0.15) is 30.9 Å². The molecule has 0 spiro atoms. The van der Waals surface area contributed by atoms with Gasteiger partial charge < -0.3 is 10.2 Å². The predicted octanol–water partition coefficient (Wildman–Crippen LogP) is 3.74. The molecule has 0 aromatic heterocycles. The average Bonchev–Trinajstić information content (AvgIpc) is 2.95. The summed E-state index contributed by atoms with van der Waals surface area (Å²) in [5, 5.41) is 2.81. The maximum Gasteiger partial charge on any atom is 0.237 e. The van der Waals surface area contributed by atoms with E-state index >= 15 is 0 Å². The largest absolute Gasteiger partial charge is 0.358 e. The van der Waals surface area contributed by atoms with Gasteiger partial charge in [0, 0.05) is 18.8 Å². The van der Waals surface area contributed by atoms with Crippen LogP contribution in [0.15, 0.2) is 18.2 Å². The average molecular weight is 322 g/mol. The third-order valence-corrected chi connectivity index (χ3v) is 5.23. The Morgan fingerprint density at radius 2 is 2.00 bits per heavy atom. The Balaban J connectivity index is 1.91. The number of nitrogens with one attached hydrogen (secondary N) is 1. The number of thiocarbonyl (C=S) groups is 1. The fraction of sp³-hybridized carbons (Fsp3) is 0.500. The molecule has 1 atom stereocenters. The topological polar surface area (TPSA) is 32.3 Å². The fourth-order valence-corrected chi connectivity index (χ4v) is 3.78. The van der Waals surface area contributed by atoms with E-state index in [-0.39, 0.29) is 11.2 Å². The van der Waals surface area contributed by atoms with Crippen LogP contribution < -0.4 is 5.32 Å². The van der Waals surface area contributed by atoms with Gasteiger partial charge in [-0.05, 0) is 45.2 Å². The van der Waals surface area contributed by atoms with Gasteiger partial charge in [-0.25, -0.2) is 0 Å². The lowest BCUT2D eigenvalue weighted by Gasteiger charge is -2.20. The van der Waals surface area contributed by atoms with Crippen molar-refractivity contribution in [3.05, 3.63) is 29.3 Å². The number of carbonyl (C=O) groups is 1. The van der Waals surface area contributed by atoms with Crippen molar-refractivity contribution in [1.82, 2.24) is 4.90 Å². The summed E-state index contributed by atoms with van der Waals surface area (Å²) in [5.74, 6) is 0.00787.